The monoisotopic (exact) mass is 413 g/mol. The van der Waals surface area contributed by atoms with E-state index in [1.807, 2.05) is 35.4 Å². The highest BCUT2D eigenvalue weighted by molar-refractivity contribution is 7.13. The van der Waals surface area contributed by atoms with E-state index in [0.29, 0.717) is 31.2 Å². The first-order chi connectivity index (χ1) is 14.2. The number of hydrogen-bond donors (Lipinski definition) is 2. The Bertz CT molecular complexity index is 1000. The molecule has 1 unspecified atom stereocenters. The number of nitrogens with one attached hydrogen (secondary N) is 1. The molecule has 1 aliphatic rings. The fourth-order valence-corrected chi connectivity index (χ4v) is 4.46. The van der Waals surface area contributed by atoms with E-state index in [2.05, 4.69) is 10.2 Å². The van der Waals surface area contributed by atoms with Crippen LogP contribution in [0.2, 0.25) is 0 Å². The molecule has 7 nitrogen and oxygen atoms in total. The van der Waals surface area contributed by atoms with Crippen LogP contribution in [0, 0.1) is 0 Å². The summed E-state index contributed by atoms with van der Waals surface area (Å²) in [5.41, 5.74) is 3.04. The van der Waals surface area contributed by atoms with Crippen LogP contribution in [0.1, 0.15) is 41.0 Å². The number of phenols is 1. The van der Waals surface area contributed by atoms with Crippen LogP contribution in [0.25, 0.3) is 10.6 Å². The summed E-state index contributed by atoms with van der Waals surface area (Å²) in [5, 5.41) is 19.5. The van der Waals surface area contributed by atoms with Crippen LogP contribution in [-0.4, -0.2) is 53.0 Å². The molecule has 29 heavy (non-hydrogen) atoms. The van der Waals surface area contributed by atoms with Gasteiger partial charge >= 0.3 is 0 Å². The third-order valence-electron chi connectivity index (χ3n) is 4.97. The zero-order chi connectivity index (χ0) is 20.4. The largest absolute Gasteiger partial charge is 0.504 e. The van der Waals surface area contributed by atoms with Gasteiger partial charge < -0.3 is 19.5 Å². The number of benzene rings is 1. The molecule has 0 saturated carbocycles. The van der Waals surface area contributed by atoms with Gasteiger partial charge in [-0.05, 0) is 42.5 Å². The SMILES string of the molecule is CCOc1cc(C2c3c(n[nH]c3-c3cccs3)C(=O)N2CCCOC)ccc1O. The number of methoxy groups -OCH3 is 1. The standard InChI is InChI=1S/C21H23N3O4S/c1-3-28-15-12-13(7-8-14(15)25)20-17-18(16-6-4-11-29-16)22-23-19(17)21(26)24(20)9-5-10-27-2/h4,6-8,11-12,20,25H,3,5,9-10H2,1-2H3,(H,22,23). The van der Waals surface area contributed by atoms with Crippen LogP contribution in [0.15, 0.2) is 35.7 Å². The van der Waals surface area contributed by atoms with E-state index < -0.39 is 0 Å². The number of fused-ring (bicyclic) bond motifs is 1. The molecule has 1 amide bonds. The molecule has 2 aromatic heterocycles. The second-order valence-electron chi connectivity index (χ2n) is 6.75. The van der Waals surface area contributed by atoms with Gasteiger partial charge in [0.1, 0.15) is 0 Å². The fourth-order valence-electron chi connectivity index (χ4n) is 3.73. The van der Waals surface area contributed by atoms with Crippen LogP contribution in [0.3, 0.4) is 0 Å². The Morgan fingerprint density at radius 1 is 1.34 bits per heavy atom. The number of rotatable bonds is 8. The number of nitrogens with zero attached hydrogens (tertiary/aromatic N) is 2. The predicted octanol–water partition coefficient (Wildman–Crippen LogP) is 3.82. The number of carbonyl (C=O) groups is 1. The van der Waals surface area contributed by atoms with Crippen LogP contribution in [0.4, 0.5) is 0 Å². The van der Waals surface area contributed by atoms with Gasteiger partial charge in [0, 0.05) is 25.8 Å². The average molecular weight is 413 g/mol. The smallest absolute Gasteiger partial charge is 0.275 e. The minimum absolute atomic E-state index is 0.0803. The van der Waals surface area contributed by atoms with Gasteiger partial charge in [0.15, 0.2) is 17.2 Å². The van der Waals surface area contributed by atoms with Crippen molar-refractivity contribution in [3.05, 3.63) is 52.5 Å². The number of thiophene rings is 1. The van der Waals surface area contributed by atoms with Crippen molar-refractivity contribution >= 4 is 17.2 Å². The van der Waals surface area contributed by atoms with Gasteiger partial charge in [-0.15, -0.1) is 11.3 Å². The van der Waals surface area contributed by atoms with Crippen molar-refractivity contribution in [1.29, 1.82) is 0 Å². The van der Waals surface area contributed by atoms with E-state index in [1.54, 1.807) is 30.6 Å². The Hall–Kier alpha value is -2.84. The molecule has 152 valence electrons. The summed E-state index contributed by atoms with van der Waals surface area (Å²) < 4.78 is 10.7. The molecule has 1 atom stereocenters. The zero-order valence-electron chi connectivity index (χ0n) is 16.3. The third-order valence-corrected chi connectivity index (χ3v) is 5.85. The first-order valence-corrected chi connectivity index (χ1v) is 10.4. The van der Waals surface area contributed by atoms with Crippen LogP contribution in [-0.2, 0) is 4.74 Å². The second-order valence-corrected chi connectivity index (χ2v) is 7.69. The van der Waals surface area contributed by atoms with Gasteiger partial charge in [0.25, 0.3) is 5.91 Å². The second kappa shape index (κ2) is 8.26. The number of carbonyl (C=O) groups excluding carboxylic acids is 1. The molecule has 0 radical (unpaired) electrons. The summed E-state index contributed by atoms with van der Waals surface area (Å²) in [6.45, 7) is 3.42. The van der Waals surface area contributed by atoms with E-state index in [0.717, 1.165) is 28.1 Å². The van der Waals surface area contributed by atoms with Gasteiger partial charge in [-0.3, -0.25) is 9.89 Å². The average Bonchev–Trinajstić information content (AvgIpc) is 3.43. The lowest BCUT2D eigenvalue weighted by Crippen LogP contribution is -2.31. The maximum atomic E-state index is 13.2. The molecule has 0 aliphatic carbocycles. The number of H-pyrrole nitrogens is 1. The van der Waals surface area contributed by atoms with Gasteiger partial charge in [-0.1, -0.05) is 12.1 Å². The molecule has 0 saturated heterocycles. The molecule has 8 heteroatoms. The maximum Gasteiger partial charge on any atom is 0.275 e. The highest BCUT2D eigenvalue weighted by atomic mass is 32.1. The molecule has 3 heterocycles. The number of aromatic nitrogens is 2. The minimum atomic E-state index is -0.315. The molecule has 4 rings (SSSR count). The molecule has 0 bridgehead atoms. The molecule has 0 spiro atoms. The highest BCUT2D eigenvalue weighted by Gasteiger charge is 2.42. The molecular weight excluding hydrogens is 390 g/mol. The van der Waals surface area contributed by atoms with Crippen LogP contribution < -0.4 is 4.74 Å². The van der Waals surface area contributed by atoms with Crippen molar-refractivity contribution in [1.82, 2.24) is 15.1 Å². The molecular formula is C21H23N3O4S. The molecule has 3 aromatic rings. The number of phenolic OH excluding ortho intramolecular Hbond substituents is 1. The Labute approximate surface area is 172 Å². The Morgan fingerprint density at radius 3 is 2.93 bits per heavy atom. The normalized spacial score (nSPS) is 15.7. The number of hydrogen-bond acceptors (Lipinski definition) is 6. The topological polar surface area (TPSA) is 87.7 Å². The number of aromatic amines is 1. The molecule has 1 aromatic carbocycles. The number of ether oxygens (including phenoxy) is 2. The summed E-state index contributed by atoms with van der Waals surface area (Å²) in [6.07, 6.45) is 0.720. The summed E-state index contributed by atoms with van der Waals surface area (Å²) in [7, 11) is 1.65. The van der Waals surface area contributed by atoms with Gasteiger partial charge in [-0.25, -0.2) is 0 Å². The van der Waals surface area contributed by atoms with Crippen molar-refractivity contribution in [2.24, 2.45) is 0 Å². The van der Waals surface area contributed by atoms with Crippen molar-refractivity contribution in [3.63, 3.8) is 0 Å². The Kier molecular flexibility index (Phi) is 5.55. The first kappa shape index (κ1) is 19.5. The number of aromatic hydroxyl groups is 1. The summed E-state index contributed by atoms with van der Waals surface area (Å²) in [5.74, 6) is 0.381. The van der Waals surface area contributed by atoms with E-state index >= 15 is 0 Å². The number of amides is 1. The van der Waals surface area contributed by atoms with Gasteiger partial charge in [0.2, 0.25) is 0 Å². The molecule has 0 fully saturated rings. The van der Waals surface area contributed by atoms with Crippen molar-refractivity contribution < 1.29 is 19.4 Å². The predicted molar refractivity (Wildman–Crippen MR) is 111 cm³/mol. The van der Waals surface area contributed by atoms with E-state index in [9.17, 15) is 9.90 Å². The quantitative estimate of drug-likeness (QED) is 0.548. The van der Waals surface area contributed by atoms with Crippen molar-refractivity contribution in [3.8, 4) is 22.1 Å². The summed E-state index contributed by atoms with van der Waals surface area (Å²) in [6, 6.07) is 8.92. The zero-order valence-corrected chi connectivity index (χ0v) is 17.2. The Morgan fingerprint density at radius 2 is 2.21 bits per heavy atom. The van der Waals surface area contributed by atoms with Crippen LogP contribution in [0.5, 0.6) is 11.5 Å². The van der Waals surface area contributed by atoms with Gasteiger partial charge in [-0.2, -0.15) is 5.10 Å². The van der Waals surface area contributed by atoms with Crippen molar-refractivity contribution in [2.75, 3.05) is 26.9 Å². The van der Waals surface area contributed by atoms with Crippen molar-refractivity contribution in [2.45, 2.75) is 19.4 Å². The van der Waals surface area contributed by atoms with E-state index in [-0.39, 0.29) is 17.7 Å². The Balaban J connectivity index is 1.81. The summed E-state index contributed by atoms with van der Waals surface area (Å²) >= 11 is 1.60. The van der Waals surface area contributed by atoms with E-state index in [4.69, 9.17) is 9.47 Å². The minimum Gasteiger partial charge on any atom is -0.504 e. The lowest BCUT2D eigenvalue weighted by molar-refractivity contribution is 0.0723. The molecule has 2 N–H and O–H groups in total. The molecule has 1 aliphatic heterocycles. The highest BCUT2D eigenvalue weighted by Crippen LogP contribution is 2.45. The fraction of sp³-hybridized carbons (Fsp3) is 0.333. The third kappa shape index (κ3) is 3.49. The lowest BCUT2D eigenvalue weighted by Gasteiger charge is -2.26. The van der Waals surface area contributed by atoms with Crippen LogP contribution >= 0.6 is 11.3 Å². The lowest BCUT2D eigenvalue weighted by atomic mass is 9.97. The maximum absolute atomic E-state index is 13.2. The summed E-state index contributed by atoms with van der Waals surface area (Å²) in [4.78, 5) is 16.0. The first-order valence-electron chi connectivity index (χ1n) is 9.53. The van der Waals surface area contributed by atoms with Gasteiger partial charge in [0.05, 0.1) is 23.2 Å². The van der Waals surface area contributed by atoms with E-state index in [1.165, 1.54) is 0 Å².